The molecule has 2 aliphatic heterocycles. The summed E-state index contributed by atoms with van der Waals surface area (Å²) < 4.78 is 0. The van der Waals surface area contributed by atoms with Crippen molar-refractivity contribution in [1.29, 1.82) is 0 Å². The van der Waals surface area contributed by atoms with Gasteiger partial charge in [0.1, 0.15) is 0 Å². The number of hydrogen-bond donors (Lipinski definition) is 1. The van der Waals surface area contributed by atoms with Crippen molar-refractivity contribution in [3.63, 3.8) is 0 Å². The number of carbonyl (C=O) groups excluding carboxylic acids is 2. The summed E-state index contributed by atoms with van der Waals surface area (Å²) >= 11 is 0. The third kappa shape index (κ3) is 3.26. The molecule has 2 atom stereocenters. The average molecular weight is 428 g/mol. The molecule has 7 nitrogen and oxygen atoms in total. The number of aromatic nitrogens is 2. The van der Waals surface area contributed by atoms with E-state index >= 15 is 0 Å². The Morgan fingerprint density at radius 1 is 0.969 bits per heavy atom. The van der Waals surface area contributed by atoms with Crippen LogP contribution < -0.4 is 0 Å². The van der Waals surface area contributed by atoms with E-state index in [1.54, 1.807) is 40.5 Å². The van der Waals surface area contributed by atoms with Gasteiger partial charge in [0.2, 0.25) is 5.91 Å². The van der Waals surface area contributed by atoms with Gasteiger partial charge in [0.15, 0.2) is 0 Å². The Balaban J connectivity index is 1.42. The number of hydrogen-bond acceptors (Lipinski definition) is 5. The number of rotatable bonds is 5. The molecule has 0 bridgehead atoms. The average Bonchev–Trinajstić information content (AvgIpc) is 2.79. The van der Waals surface area contributed by atoms with Crippen LogP contribution >= 0.6 is 0 Å². The second kappa shape index (κ2) is 8.16. The lowest BCUT2D eigenvalue weighted by atomic mass is 9.60. The quantitative estimate of drug-likeness (QED) is 0.671. The maximum atomic E-state index is 13.4. The van der Waals surface area contributed by atoms with Crippen LogP contribution in [0.25, 0.3) is 0 Å². The van der Waals surface area contributed by atoms with Crippen molar-refractivity contribution in [2.75, 3.05) is 19.7 Å². The molecule has 0 aliphatic carbocycles. The molecule has 4 heterocycles. The van der Waals surface area contributed by atoms with Crippen LogP contribution in [0.2, 0.25) is 0 Å². The molecule has 3 aromatic rings. The summed E-state index contributed by atoms with van der Waals surface area (Å²) in [7, 11) is 0. The maximum absolute atomic E-state index is 13.4. The number of pyridine rings is 2. The molecule has 162 valence electrons. The smallest absolute Gasteiger partial charge is 0.254 e. The maximum Gasteiger partial charge on any atom is 0.254 e. The molecule has 1 spiro atoms. The molecule has 2 fully saturated rings. The van der Waals surface area contributed by atoms with Gasteiger partial charge in [0, 0.05) is 48.9 Å². The van der Waals surface area contributed by atoms with Gasteiger partial charge in [0.25, 0.3) is 5.91 Å². The van der Waals surface area contributed by atoms with Crippen molar-refractivity contribution in [2.45, 2.75) is 23.9 Å². The lowest BCUT2D eigenvalue weighted by Gasteiger charge is -2.70. The molecule has 5 rings (SSSR count). The number of nitrogens with zero attached hydrogens (tertiary/aromatic N) is 4. The summed E-state index contributed by atoms with van der Waals surface area (Å²) in [6, 6.07) is 18.5. The lowest BCUT2D eigenvalue weighted by molar-refractivity contribution is -0.178. The molecule has 0 unspecified atom stereocenters. The summed E-state index contributed by atoms with van der Waals surface area (Å²) in [4.78, 5) is 38.1. The molecule has 2 aromatic heterocycles. The van der Waals surface area contributed by atoms with Gasteiger partial charge in [0.05, 0.1) is 24.6 Å². The molecule has 7 heteroatoms. The van der Waals surface area contributed by atoms with Crippen molar-refractivity contribution >= 4 is 11.8 Å². The highest BCUT2D eigenvalue weighted by atomic mass is 16.3. The Morgan fingerprint density at radius 2 is 1.69 bits per heavy atom. The van der Waals surface area contributed by atoms with E-state index in [1.165, 1.54) is 0 Å². The van der Waals surface area contributed by atoms with Crippen molar-refractivity contribution in [2.24, 2.45) is 0 Å². The molecule has 0 saturated carbocycles. The third-order valence-electron chi connectivity index (χ3n) is 6.61. The first-order chi connectivity index (χ1) is 15.6. The summed E-state index contributed by atoms with van der Waals surface area (Å²) in [5, 5.41) is 10.2. The SMILES string of the molecule is O=C(Cc1ccccn1)N1CC2(C1)[C@@H](c1ccccc1)[C@H](CO)N2C(=O)c1ccncc1. The van der Waals surface area contributed by atoms with E-state index in [-0.39, 0.29) is 36.8 Å². The number of aliphatic hydroxyl groups excluding tert-OH is 1. The first-order valence-electron chi connectivity index (χ1n) is 10.7. The number of amides is 2. The molecule has 32 heavy (non-hydrogen) atoms. The van der Waals surface area contributed by atoms with E-state index in [0.717, 1.165) is 11.3 Å². The van der Waals surface area contributed by atoms with Gasteiger partial charge in [-0.2, -0.15) is 0 Å². The van der Waals surface area contributed by atoms with E-state index in [2.05, 4.69) is 9.97 Å². The van der Waals surface area contributed by atoms with Crippen molar-refractivity contribution in [1.82, 2.24) is 19.8 Å². The summed E-state index contributed by atoms with van der Waals surface area (Å²) in [5.41, 5.74) is 1.80. The van der Waals surface area contributed by atoms with Gasteiger partial charge in [-0.15, -0.1) is 0 Å². The Hall–Kier alpha value is -3.58. The van der Waals surface area contributed by atoms with E-state index < -0.39 is 5.54 Å². The van der Waals surface area contributed by atoms with Gasteiger partial charge in [-0.1, -0.05) is 36.4 Å². The minimum atomic E-state index is -0.533. The topological polar surface area (TPSA) is 86.6 Å². The Labute approximate surface area is 186 Å². The predicted octanol–water partition coefficient (Wildman–Crippen LogP) is 1.90. The first-order valence-corrected chi connectivity index (χ1v) is 10.7. The van der Waals surface area contributed by atoms with Crippen molar-refractivity contribution in [3.05, 3.63) is 96.1 Å². The fraction of sp³-hybridized carbons (Fsp3) is 0.280. The normalized spacial score (nSPS) is 21.0. The highest BCUT2D eigenvalue weighted by Crippen LogP contribution is 2.54. The van der Waals surface area contributed by atoms with Crippen molar-refractivity contribution in [3.8, 4) is 0 Å². The molecule has 2 saturated heterocycles. The fourth-order valence-electron chi connectivity index (χ4n) is 5.18. The Morgan fingerprint density at radius 3 is 2.34 bits per heavy atom. The van der Waals surface area contributed by atoms with E-state index in [9.17, 15) is 14.7 Å². The highest BCUT2D eigenvalue weighted by Gasteiger charge is 2.68. The highest BCUT2D eigenvalue weighted by molar-refractivity contribution is 5.96. The Bertz CT molecular complexity index is 1100. The molecule has 0 radical (unpaired) electrons. The van der Waals surface area contributed by atoms with Crippen LogP contribution in [0.15, 0.2) is 79.3 Å². The molecular formula is C25H24N4O3. The molecule has 1 aromatic carbocycles. The second-order valence-corrected chi connectivity index (χ2v) is 8.40. The zero-order chi connectivity index (χ0) is 22.1. The minimum Gasteiger partial charge on any atom is -0.394 e. The number of carbonyl (C=O) groups is 2. The summed E-state index contributed by atoms with van der Waals surface area (Å²) in [5.74, 6) is -0.196. The van der Waals surface area contributed by atoms with Crippen LogP contribution in [0.5, 0.6) is 0 Å². The van der Waals surface area contributed by atoms with Crippen LogP contribution in [0, 0.1) is 0 Å². The van der Waals surface area contributed by atoms with Crippen LogP contribution in [0.3, 0.4) is 0 Å². The summed E-state index contributed by atoms with van der Waals surface area (Å²) in [6.45, 7) is 0.733. The zero-order valence-electron chi connectivity index (χ0n) is 17.5. The number of benzene rings is 1. The van der Waals surface area contributed by atoms with Gasteiger partial charge < -0.3 is 14.9 Å². The van der Waals surface area contributed by atoms with Gasteiger partial charge in [-0.25, -0.2) is 0 Å². The molecular weight excluding hydrogens is 404 g/mol. The van der Waals surface area contributed by atoms with Gasteiger partial charge in [-0.05, 0) is 29.8 Å². The predicted molar refractivity (Wildman–Crippen MR) is 118 cm³/mol. The molecule has 1 N–H and O–H groups in total. The van der Waals surface area contributed by atoms with Crippen LogP contribution in [-0.2, 0) is 11.2 Å². The third-order valence-corrected chi connectivity index (χ3v) is 6.61. The van der Waals surface area contributed by atoms with E-state index in [1.807, 2.05) is 48.5 Å². The van der Waals surface area contributed by atoms with Gasteiger partial charge >= 0.3 is 0 Å². The summed E-state index contributed by atoms with van der Waals surface area (Å²) in [6.07, 6.45) is 5.09. The number of likely N-dealkylation sites (tertiary alicyclic amines) is 2. The zero-order valence-corrected chi connectivity index (χ0v) is 17.5. The van der Waals surface area contributed by atoms with E-state index in [4.69, 9.17) is 0 Å². The monoisotopic (exact) mass is 428 g/mol. The van der Waals surface area contributed by atoms with Crippen LogP contribution in [0.4, 0.5) is 0 Å². The molecule has 2 amide bonds. The van der Waals surface area contributed by atoms with Crippen molar-refractivity contribution < 1.29 is 14.7 Å². The number of aliphatic hydroxyl groups is 1. The lowest BCUT2D eigenvalue weighted by Crippen LogP contribution is -2.86. The molecule has 2 aliphatic rings. The minimum absolute atomic E-state index is 0.00936. The van der Waals surface area contributed by atoms with Crippen LogP contribution in [0.1, 0.15) is 27.5 Å². The standard InChI is InChI=1S/C25H24N4O3/c30-15-21-23(18-6-2-1-3-7-18)25(29(21)24(32)19-9-12-26-13-10-19)16-28(17-25)22(31)14-20-8-4-5-11-27-20/h1-13,21,23,30H,14-17H2/t21-,23-/m0/s1. The largest absolute Gasteiger partial charge is 0.394 e. The van der Waals surface area contributed by atoms with Crippen LogP contribution in [-0.4, -0.2) is 68.0 Å². The Kier molecular flexibility index (Phi) is 5.19. The first kappa shape index (κ1) is 20.3. The van der Waals surface area contributed by atoms with E-state index in [0.29, 0.717) is 18.7 Å². The second-order valence-electron chi connectivity index (χ2n) is 8.40. The fourth-order valence-corrected chi connectivity index (χ4v) is 5.18. The van der Waals surface area contributed by atoms with Gasteiger partial charge in [-0.3, -0.25) is 19.6 Å².